The van der Waals surface area contributed by atoms with Crippen LogP contribution in [0, 0.1) is 6.92 Å². The number of benzene rings is 2. The third kappa shape index (κ3) is 1.25. The Morgan fingerprint density at radius 2 is 1.88 bits per heavy atom. The lowest BCUT2D eigenvalue weighted by atomic mass is 10.0. The van der Waals surface area contributed by atoms with Crippen molar-refractivity contribution in [3.05, 3.63) is 47.5 Å². The second-order valence-corrected chi connectivity index (χ2v) is 4.25. The van der Waals surface area contributed by atoms with Gasteiger partial charge in [-0.15, -0.1) is 0 Å². The van der Waals surface area contributed by atoms with Crippen LogP contribution >= 0.6 is 0 Å². The predicted octanol–water partition coefficient (Wildman–Crippen LogP) is 4.46. The number of aryl methyl sites for hydroxylation is 2. The molecule has 3 aromatic rings. The van der Waals surface area contributed by atoms with E-state index >= 15 is 0 Å². The van der Waals surface area contributed by atoms with Gasteiger partial charge in [-0.05, 0) is 36.6 Å². The summed E-state index contributed by atoms with van der Waals surface area (Å²) in [5.41, 5.74) is 4.63. The molecule has 0 aliphatic heterocycles. The second-order valence-electron chi connectivity index (χ2n) is 4.25. The Bertz CT molecular complexity index is 662. The average Bonchev–Trinajstić information content (AvgIpc) is 2.67. The Morgan fingerprint density at radius 1 is 1.06 bits per heavy atom. The van der Waals surface area contributed by atoms with E-state index < -0.39 is 0 Å². The summed E-state index contributed by atoms with van der Waals surface area (Å²) in [4.78, 5) is 0. The fourth-order valence-corrected chi connectivity index (χ4v) is 2.32. The minimum absolute atomic E-state index is 0.984. The Labute approximate surface area is 94.7 Å². The number of fused-ring (bicyclic) bond motifs is 3. The fraction of sp³-hybridized carbons (Fsp3) is 0.200. The molecule has 0 aliphatic rings. The topological polar surface area (TPSA) is 13.1 Å². The maximum Gasteiger partial charge on any atom is 0.138 e. The van der Waals surface area contributed by atoms with Gasteiger partial charge in [0.15, 0.2) is 0 Å². The van der Waals surface area contributed by atoms with Crippen LogP contribution in [0.15, 0.2) is 40.8 Å². The molecule has 0 unspecified atom stereocenters. The van der Waals surface area contributed by atoms with Crippen LogP contribution in [0.3, 0.4) is 0 Å². The zero-order valence-corrected chi connectivity index (χ0v) is 9.58. The minimum Gasteiger partial charge on any atom is -0.456 e. The first kappa shape index (κ1) is 9.46. The summed E-state index contributed by atoms with van der Waals surface area (Å²) in [5, 5.41) is 2.46. The van der Waals surface area contributed by atoms with E-state index in [9.17, 15) is 0 Å². The summed E-state index contributed by atoms with van der Waals surface area (Å²) in [6.45, 7) is 4.31. The molecule has 0 saturated heterocycles. The summed E-state index contributed by atoms with van der Waals surface area (Å²) in [6, 6.07) is 12.7. The third-order valence-corrected chi connectivity index (χ3v) is 3.08. The molecule has 0 N–H and O–H groups in total. The SMILES string of the molecule is CCc1cc(C)cc2c1oc1ccccc12. The molecule has 0 atom stereocenters. The molecule has 3 rings (SSSR count). The van der Waals surface area contributed by atoms with Gasteiger partial charge in [0.2, 0.25) is 0 Å². The van der Waals surface area contributed by atoms with E-state index in [1.165, 1.54) is 21.9 Å². The summed E-state index contributed by atoms with van der Waals surface area (Å²) in [5.74, 6) is 0. The van der Waals surface area contributed by atoms with Gasteiger partial charge in [0.05, 0.1) is 0 Å². The third-order valence-electron chi connectivity index (χ3n) is 3.08. The van der Waals surface area contributed by atoms with E-state index in [2.05, 4.69) is 38.1 Å². The zero-order valence-electron chi connectivity index (χ0n) is 9.58. The van der Waals surface area contributed by atoms with Crippen molar-refractivity contribution in [2.24, 2.45) is 0 Å². The largest absolute Gasteiger partial charge is 0.456 e. The number of furan rings is 1. The second kappa shape index (κ2) is 3.38. The van der Waals surface area contributed by atoms with Crippen LogP contribution in [0.2, 0.25) is 0 Å². The Hall–Kier alpha value is -1.76. The van der Waals surface area contributed by atoms with E-state index in [0.717, 1.165) is 17.6 Å². The van der Waals surface area contributed by atoms with Crippen LogP contribution in [0.25, 0.3) is 21.9 Å². The van der Waals surface area contributed by atoms with Crippen molar-refractivity contribution < 1.29 is 4.42 Å². The highest BCUT2D eigenvalue weighted by Crippen LogP contribution is 2.31. The van der Waals surface area contributed by atoms with Gasteiger partial charge >= 0.3 is 0 Å². The molecule has 0 amide bonds. The summed E-state index contributed by atoms with van der Waals surface area (Å²) in [6.07, 6.45) is 1.01. The molecule has 1 heteroatoms. The molecule has 0 spiro atoms. The van der Waals surface area contributed by atoms with Crippen LogP contribution in [0.4, 0.5) is 0 Å². The number of rotatable bonds is 1. The lowest BCUT2D eigenvalue weighted by molar-refractivity contribution is 0.663. The standard InChI is InChI=1S/C15H14O/c1-3-11-8-10(2)9-13-12-6-4-5-7-14(12)16-15(11)13/h4-9H,3H2,1-2H3. The molecule has 0 saturated carbocycles. The highest BCUT2D eigenvalue weighted by molar-refractivity contribution is 6.06. The Morgan fingerprint density at radius 3 is 2.69 bits per heavy atom. The van der Waals surface area contributed by atoms with Crippen molar-refractivity contribution in [1.82, 2.24) is 0 Å². The van der Waals surface area contributed by atoms with E-state index in [1.807, 2.05) is 12.1 Å². The summed E-state index contributed by atoms with van der Waals surface area (Å²) >= 11 is 0. The van der Waals surface area contributed by atoms with Gasteiger partial charge in [0, 0.05) is 10.8 Å². The molecule has 0 aliphatic carbocycles. The molecule has 1 aromatic heterocycles. The molecule has 80 valence electrons. The quantitative estimate of drug-likeness (QED) is 0.578. The van der Waals surface area contributed by atoms with E-state index in [0.29, 0.717) is 0 Å². The fourth-order valence-electron chi connectivity index (χ4n) is 2.32. The first-order valence-corrected chi connectivity index (χ1v) is 5.70. The van der Waals surface area contributed by atoms with Crippen molar-refractivity contribution in [2.75, 3.05) is 0 Å². The Kier molecular flexibility index (Phi) is 2.00. The normalized spacial score (nSPS) is 11.4. The van der Waals surface area contributed by atoms with Gasteiger partial charge in [-0.25, -0.2) is 0 Å². The van der Waals surface area contributed by atoms with Crippen molar-refractivity contribution in [1.29, 1.82) is 0 Å². The van der Waals surface area contributed by atoms with Crippen LogP contribution < -0.4 is 0 Å². The molecule has 1 heterocycles. The molecule has 0 radical (unpaired) electrons. The van der Waals surface area contributed by atoms with Gasteiger partial charge in [0.1, 0.15) is 11.2 Å². The van der Waals surface area contributed by atoms with Gasteiger partial charge in [0.25, 0.3) is 0 Å². The van der Waals surface area contributed by atoms with E-state index in [4.69, 9.17) is 4.42 Å². The number of hydrogen-bond acceptors (Lipinski definition) is 1. The smallest absolute Gasteiger partial charge is 0.138 e. The highest BCUT2D eigenvalue weighted by atomic mass is 16.3. The monoisotopic (exact) mass is 210 g/mol. The molecule has 0 fully saturated rings. The molecule has 16 heavy (non-hydrogen) atoms. The van der Waals surface area contributed by atoms with Gasteiger partial charge < -0.3 is 4.42 Å². The van der Waals surface area contributed by atoms with Gasteiger partial charge in [-0.3, -0.25) is 0 Å². The van der Waals surface area contributed by atoms with Crippen molar-refractivity contribution in [3.8, 4) is 0 Å². The van der Waals surface area contributed by atoms with Gasteiger partial charge in [-0.2, -0.15) is 0 Å². The van der Waals surface area contributed by atoms with Crippen molar-refractivity contribution in [3.63, 3.8) is 0 Å². The number of para-hydroxylation sites is 1. The predicted molar refractivity (Wildman–Crippen MR) is 67.8 cm³/mol. The van der Waals surface area contributed by atoms with Crippen LogP contribution in [0.5, 0.6) is 0 Å². The molecular weight excluding hydrogens is 196 g/mol. The maximum absolute atomic E-state index is 5.93. The molecule has 1 nitrogen and oxygen atoms in total. The van der Waals surface area contributed by atoms with Crippen molar-refractivity contribution >= 4 is 21.9 Å². The average molecular weight is 210 g/mol. The van der Waals surface area contributed by atoms with Crippen molar-refractivity contribution in [2.45, 2.75) is 20.3 Å². The summed E-state index contributed by atoms with van der Waals surface area (Å²) < 4.78 is 5.93. The molecular formula is C15H14O. The zero-order chi connectivity index (χ0) is 11.1. The Balaban J connectivity index is 2.54. The first-order valence-electron chi connectivity index (χ1n) is 5.70. The van der Waals surface area contributed by atoms with Crippen LogP contribution in [0.1, 0.15) is 18.1 Å². The first-order chi connectivity index (χ1) is 7.79. The molecule has 0 bridgehead atoms. The van der Waals surface area contributed by atoms with Gasteiger partial charge in [-0.1, -0.05) is 31.2 Å². The lowest BCUT2D eigenvalue weighted by Gasteiger charge is -2.00. The highest BCUT2D eigenvalue weighted by Gasteiger charge is 2.09. The maximum atomic E-state index is 5.93. The molecule has 2 aromatic carbocycles. The van der Waals surface area contributed by atoms with Crippen LogP contribution in [-0.4, -0.2) is 0 Å². The van der Waals surface area contributed by atoms with E-state index in [1.54, 1.807) is 0 Å². The number of hydrogen-bond donors (Lipinski definition) is 0. The van der Waals surface area contributed by atoms with E-state index in [-0.39, 0.29) is 0 Å². The summed E-state index contributed by atoms with van der Waals surface area (Å²) in [7, 11) is 0. The lowest BCUT2D eigenvalue weighted by Crippen LogP contribution is -1.82. The minimum atomic E-state index is 0.984. The van der Waals surface area contributed by atoms with Crippen LogP contribution in [-0.2, 0) is 6.42 Å².